The Hall–Kier alpha value is -0.570. The number of rotatable bonds is 3. The van der Waals surface area contributed by atoms with Gasteiger partial charge in [0.15, 0.2) is 0 Å². The topological polar surface area (TPSA) is 55.1 Å². The van der Waals surface area contributed by atoms with Gasteiger partial charge in [0, 0.05) is 6.04 Å². The Morgan fingerprint density at radius 3 is 2.45 bits per heavy atom. The molecule has 3 nitrogen and oxygen atoms in total. The summed E-state index contributed by atoms with van der Waals surface area (Å²) in [6, 6.07) is -0.0651. The fourth-order valence-corrected chi connectivity index (χ4v) is 1.07. The summed E-state index contributed by atoms with van der Waals surface area (Å²) in [6.07, 6.45) is 2.50. The fraction of sp³-hybridized carbons (Fsp3) is 0.875. The number of hydrogen-bond acceptors (Lipinski definition) is 2. The lowest BCUT2D eigenvalue weighted by atomic mass is 10.2. The summed E-state index contributed by atoms with van der Waals surface area (Å²) in [6.45, 7) is 3.74. The highest BCUT2D eigenvalue weighted by Gasteiger charge is 2.29. The Balaban J connectivity index is 2.23. The van der Waals surface area contributed by atoms with Crippen LogP contribution in [0, 0.1) is 5.92 Å². The molecule has 2 unspecified atom stereocenters. The zero-order valence-corrected chi connectivity index (χ0v) is 7.13. The Morgan fingerprint density at radius 2 is 2.09 bits per heavy atom. The van der Waals surface area contributed by atoms with Crippen LogP contribution in [0.15, 0.2) is 0 Å². The molecule has 0 heterocycles. The van der Waals surface area contributed by atoms with E-state index >= 15 is 0 Å². The van der Waals surface area contributed by atoms with Crippen LogP contribution < -0.4 is 11.1 Å². The largest absolute Gasteiger partial charge is 0.352 e. The minimum Gasteiger partial charge on any atom is -0.352 e. The molecule has 1 amide bonds. The summed E-state index contributed by atoms with van der Waals surface area (Å²) >= 11 is 0. The number of carbonyl (C=O) groups is 1. The zero-order chi connectivity index (χ0) is 8.43. The van der Waals surface area contributed by atoms with Crippen molar-refractivity contribution in [3.63, 3.8) is 0 Å². The average molecular weight is 156 g/mol. The van der Waals surface area contributed by atoms with Gasteiger partial charge in [0.2, 0.25) is 5.91 Å². The Kier molecular flexibility index (Phi) is 2.49. The predicted octanol–water partition coefficient (Wildman–Crippen LogP) is 0.248. The summed E-state index contributed by atoms with van der Waals surface area (Å²) in [5.74, 6) is 0.669. The standard InChI is InChI=1S/C8H16N2O/c1-5(9)8(11)10-6(2)7-3-4-7/h5-7H,3-4,9H2,1-2H3,(H,10,11). The summed E-state index contributed by atoms with van der Waals surface area (Å²) in [5.41, 5.74) is 5.39. The van der Waals surface area contributed by atoms with Gasteiger partial charge < -0.3 is 11.1 Å². The minimum absolute atomic E-state index is 0.0376. The van der Waals surface area contributed by atoms with Gasteiger partial charge in [-0.2, -0.15) is 0 Å². The Bertz CT molecular complexity index is 152. The van der Waals surface area contributed by atoms with Gasteiger partial charge in [-0.1, -0.05) is 0 Å². The van der Waals surface area contributed by atoms with E-state index in [1.165, 1.54) is 12.8 Å². The van der Waals surface area contributed by atoms with E-state index in [4.69, 9.17) is 5.73 Å². The smallest absolute Gasteiger partial charge is 0.236 e. The molecule has 1 saturated carbocycles. The van der Waals surface area contributed by atoms with E-state index < -0.39 is 0 Å². The molecule has 0 spiro atoms. The average Bonchev–Trinajstić information content (AvgIpc) is 2.67. The molecule has 3 N–H and O–H groups in total. The molecule has 0 aromatic heterocycles. The van der Waals surface area contributed by atoms with Gasteiger partial charge >= 0.3 is 0 Å². The lowest BCUT2D eigenvalue weighted by Crippen LogP contribution is -2.43. The van der Waals surface area contributed by atoms with E-state index in [2.05, 4.69) is 5.32 Å². The second-order valence-corrected chi connectivity index (χ2v) is 3.42. The maximum Gasteiger partial charge on any atom is 0.236 e. The SMILES string of the molecule is CC(N)C(=O)NC(C)C1CC1. The first-order valence-corrected chi connectivity index (χ1v) is 4.17. The molecular weight excluding hydrogens is 140 g/mol. The Morgan fingerprint density at radius 1 is 1.55 bits per heavy atom. The molecule has 0 radical (unpaired) electrons. The third kappa shape index (κ3) is 2.50. The highest BCUT2D eigenvalue weighted by atomic mass is 16.2. The normalized spacial score (nSPS) is 22.5. The Labute approximate surface area is 67.3 Å². The second kappa shape index (κ2) is 3.22. The van der Waals surface area contributed by atoms with Crippen molar-refractivity contribution in [1.29, 1.82) is 0 Å². The molecule has 0 aromatic carbocycles. The predicted molar refractivity (Wildman–Crippen MR) is 44.0 cm³/mol. The van der Waals surface area contributed by atoms with Crippen molar-refractivity contribution in [3.05, 3.63) is 0 Å². The van der Waals surface area contributed by atoms with Crippen LogP contribution in [-0.2, 0) is 4.79 Å². The van der Waals surface area contributed by atoms with Crippen LogP contribution in [0.1, 0.15) is 26.7 Å². The quantitative estimate of drug-likeness (QED) is 0.615. The van der Waals surface area contributed by atoms with Crippen LogP contribution in [-0.4, -0.2) is 18.0 Å². The molecule has 1 rings (SSSR count). The molecule has 11 heavy (non-hydrogen) atoms. The monoisotopic (exact) mass is 156 g/mol. The van der Waals surface area contributed by atoms with Crippen molar-refractivity contribution in [3.8, 4) is 0 Å². The molecule has 3 heteroatoms. The van der Waals surface area contributed by atoms with E-state index in [-0.39, 0.29) is 11.9 Å². The molecule has 64 valence electrons. The van der Waals surface area contributed by atoms with Gasteiger partial charge in [0.1, 0.15) is 0 Å². The van der Waals surface area contributed by atoms with Gasteiger partial charge in [-0.3, -0.25) is 4.79 Å². The molecule has 0 bridgehead atoms. The van der Waals surface area contributed by atoms with Crippen LogP contribution in [0.5, 0.6) is 0 Å². The van der Waals surface area contributed by atoms with E-state index in [1.807, 2.05) is 6.92 Å². The minimum atomic E-state index is -0.379. The van der Waals surface area contributed by atoms with Gasteiger partial charge in [0.25, 0.3) is 0 Å². The first kappa shape index (κ1) is 8.53. The molecule has 1 aliphatic rings. The molecule has 1 fully saturated rings. The molecule has 2 atom stereocenters. The van der Waals surface area contributed by atoms with Crippen molar-refractivity contribution in [2.24, 2.45) is 11.7 Å². The zero-order valence-electron chi connectivity index (χ0n) is 7.13. The maximum absolute atomic E-state index is 11.0. The summed E-state index contributed by atoms with van der Waals surface area (Å²) in [5, 5.41) is 2.88. The van der Waals surface area contributed by atoms with Gasteiger partial charge in [-0.25, -0.2) is 0 Å². The van der Waals surface area contributed by atoms with Gasteiger partial charge in [-0.05, 0) is 32.6 Å². The lowest BCUT2D eigenvalue weighted by Gasteiger charge is -2.14. The van der Waals surface area contributed by atoms with E-state index in [0.29, 0.717) is 12.0 Å². The van der Waals surface area contributed by atoms with Crippen molar-refractivity contribution in [2.75, 3.05) is 0 Å². The number of hydrogen-bond donors (Lipinski definition) is 2. The molecule has 0 saturated heterocycles. The molecule has 0 aromatic rings. The first-order chi connectivity index (χ1) is 5.11. The van der Waals surface area contributed by atoms with Crippen LogP contribution in [0.4, 0.5) is 0 Å². The molecular formula is C8H16N2O. The van der Waals surface area contributed by atoms with Crippen LogP contribution in [0.2, 0.25) is 0 Å². The number of nitrogens with one attached hydrogen (secondary N) is 1. The summed E-state index contributed by atoms with van der Waals surface area (Å²) in [7, 11) is 0. The van der Waals surface area contributed by atoms with Gasteiger partial charge in [-0.15, -0.1) is 0 Å². The number of amides is 1. The van der Waals surface area contributed by atoms with Gasteiger partial charge in [0.05, 0.1) is 6.04 Å². The second-order valence-electron chi connectivity index (χ2n) is 3.42. The highest BCUT2D eigenvalue weighted by molar-refractivity contribution is 5.81. The number of carbonyl (C=O) groups excluding carboxylic acids is 1. The molecule has 1 aliphatic carbocycles. The van der Waals surface area contributed by atoms with Crippen molar-refractivity contribution in [1.82, 2.24) is 5.32 Å². The number of nitrogens with two attached hydrogens (primary N) is 1. The van der Waals surface area contributed by atoms with Crippen LogP contribution in [0.3, 0.4) is 0 Å². The van der Waals surface area contributed by atoms with Crippen molar-refractivity contribution < 1.29 is 4.79 Å². The van der Waals surface area contributed by atoms with E-state index in [1.54, 1.807) is 6.92 Å². The van der Waals surface area contributed by atoms with Crippen LogP contribution >= 0.6 is 0 Å². The summed E-state index contributed by atoms with van der Waals surface area (Å²) in [4.78, 5) is 11.0. The lowest BCUT2D eigenvalue weighted by molar-refractivity contribution is -0.122. The fourth-order valence-electron chi connectivity index (χ4n) is 1.07. The third-order valence-electron chi connectivity index (χ3n) is 2.11. The highest BCUT2D eigenvalue weighted by Crippen LogP contribution is 2.32. The summed E-state index contributed by atoms with van der Waals surface area (Å²) < 4.78 is 0. The third-order valence-corrected chi connectivity index (χ3v) is 2.11. The first-order valence-electron chi connectivity index (χ1n) is 4.17. The van der Waals surface area contributed by atoms with Crippen molar-refractivity contribution in [2.45, 2.75) is 38.8 Å². The van der Waals surface area contributed by atoms with Crippen LogP contribution in [0.25, 0.3) is 0 Å². The van der Waals surface area contributed by atoms with E-state index in [0.717, 1.165) is 0 Å². The van der Waals surface area contributed by atoms with Crippen molar-refractivity contribution >= 4 is 5.91 Å². The van der Waals surface area contributed by atoms with E-state index in [9.17, 15) is 4.79 Å². The maximum atomic E-state index is 11.0. The molecule has 0 aliphatic heterocycles.